The van der Waals surface area contributed by atoms with Crippen molar-refractivity contribution in [1.82, 2.24) is 19.3 Å². The van der Waals surface area contributed by atoms with Gasteiger partial charge in [0.05, 0.1) is 22.0 Å². The number of fused-ring (bicyclic) bond motifs is 3. The smallest absolute Gasteiger partial charge is 0.280 e. The quantitative estimate of drug-likeness (QED) is 0.522. The second kappa shape index (κ2) is 6.65. The molecule has 1 aliphatic rings. The zero-order valence-electron chi connectivity index (χ0n) is 15.3. The van der Waals surface area contributed by atoms with Crippen LogP contribution in [0.3, 0.4) is 0 Å². The molecule has 0 aliphatic carbocycles. The standard InChI is InChI=1S/C20H18N4O3S/c1-12-5-7-13(8-6-12)23-11-21-17-16-14(28-18(17)20(23)26)10-22-24(19(16)25)15-4-2-3-9-27-15/h5-8,10-11,15H,2-4,9H2,1H3. The van der Waals surface area contributed by atoms with Crippen molar-refractivity contribution in [1.29, 1.82) is 0 Å². The molecule has 1 saturated heterocycles. The van der Waals surface area contributed by atoms with Crippen LogP contribution in [0, 0.1) is 6.92 Å². The van der Waals surface area contributed by atoms with Gasteiger partial charge in [-0.3, -0.25) is 14.2 Å². The average Bonchev–Trinajstić information content (AvgIpc) is 3.11. The minimum atomic E-state index is -0.353. The zero-order chi connectivity index (χ0) is 19.3. The number of hydrogen-bond acceptors (Lipinski definition) is 6. The molecule has 28 heavy (non-hydrogen) atoms. The highest BCUT2D eigenvalue weighted by atomic mass is 32.1. The summed E-state index contributed by atoms with van der Waals surface area (Å²) in [6, 6.07) is 7.66. The summed E-state index contributed by atoms with van der Waals surface area (Å²) in [5.41, 5.74) is 1.86. The van der Waals surface area contributed by atoms with Crippen LogP contribution in [-0.4, -0.2) is 25.9 Å². The number of aryl methyl sites for hydroxylation is 1. The Hall–Kier alpha value is -2.84. The van der Waals surface area contributed by atoms with Crippen LogP contribution in [0.15, 0.2) is 46.4 Å². The highest BCUT2D eigenvalue weighted by Gasteiger charge is 2.22. The van der Waals surface area contributed by atoms with Gasteiger partial charge in [0, 0.05) is 6.61 Å². The fraction of sp³-hybridized carbons (Fsp3) is 0.300. The molecule has 0 N–H and O–H groups in total. The van der Waals surface area contributed by atoms with E-state index in [1.807, 2.05) is 31.2 Å². The molecule has 4 heterocycles. The number of benzene rings is 1. The molecule has 142 valence electrons. The van der Waals surface area contributed by atoms with E-state index >= 15 is 0 Å². The lowest BCUT2D eigenvalue weighted by molar-refractivity contribution is -0.0420. The molecule has 0 bridgehead atoms. The van der Waals surface area contributed by atoms with Gasteiger partial charge in [0.2, 0.25) is 0 Å². The van der Waals surface area contributed by atoms with Crippen LogP contribution in [0.25, 0.3) is 26.0 Å². The first kappa shape index (κ1) is 17.3. The second-order valence-corrected chi connectivity index (χ2v) is 8.04. The minimum Gasteiger partial charge on any atom is -0.356 e. The van der Waals surface area contributed by atoms with E-state index in [0.29, 0.717) is 26.9 Å². The van der Waals surface area contributed by atoms with Crippen LogP contribution in [0.1, 0.15) is 31.1 Å². The normalized spacial score (nSPS) is 17.4. The molecule has 8 heteroatoms. The van der Waals surface area contributed by atoms with Crippen LogP contribution in [-0.2, 0) is 4.74 Å². The summed E-state index contributed by atoms with van der Waals surface area (Å²) in [4.78, 5) is 30.6. The molecule has 5 rings (SSSR count). The molecule has 1 unspecified atom stereocenters. The molecule has 1 aromatic carbocycles. The maximum Gasteiger partial charge on any atom is 0.280 e. The van der Waals surface area contributed by atoms with Gasteiger partial charge < -0.3 is 4.74 Å². The molecule has 1 atom stereocenters. The van der Waals surface area contributed by atoms with Crippen molar-refractivity contribution in [2.75, 3.05) is 6.61 Å². The van der Waals surface area contributed by atoms with Gasteiger partial charge in [-0.1, -0.05) is 17.7 Å². The van der Waals surface area contributed by atoms with Crippen LogP contribution in [0.2, 0.25) is 0 Å². The Bertz CT molecular complexity index is 1300. The SMILES string of the molecule is Cc1ccc(-n2cnc3c(sc4cnn(C5CCCCO5)c(=O)c43)c2=O)cc1. The fourth-order valence-corrected chi connectivity index (χ4v) is 4.62. The third-order valence-electron chi connectivity index (χ3n) is 5.09. The molecule has 0 amide bonds. The van der Waals surface area contributed by atoms with Gasteiger partial charge >= 0.3 is 0 Å². The summed E-state index contributed by atoms with van der Waals surface area (Å²) in [7, 11) is 0. The molecule has 4 aromatic rings. The van der Waals surface area contributed by atoms with E-state index in [1.54, 1.807) is 6.20 Å². The second-order valence-electron chi connectivity index (χ2n) is 6.99. The monoisotopic (exact) mass is 394 g/mol. The summed E-state index contributed by atoms with van der Waals surface area (Å²) in [5, 5.41) is 4.74. The van der Waals surface area contributed by atoms with E-state index in [9.17, 15) is 9.59 Å². The number of nitrogens with zero attached hydrogens (tertiary/aromatic N) is 4. The zero-order valence-corrected chi connectivity index (χ0v) is 16.1. The highest BCUT2D eigenvalue weighted by Crippen LogP contribution is 2.28. The average molecular weight is 394 g/mol. The van der Waals surface area contributed by atoms with Crippen molar-refractivity contribution >= 4 is 31.6 Å². The van der Waals surface area contributed by atoms with Crippen LogP contribution in [0.5, 0.6) is 0 Å². The molecule has 7 nitrogen and oxygen atoms in total. The highest BCUT2D eigenvalue weighted by molar-refractivity contribution is 7.25. The van der Waals surface area contributed by atoms with E-state index in [1.165, 1.54) is 26.9 Å². The summed E-state index contributed by atoms with van der Waals surface area (Å²) >= 11 is 1.26. The number of aromatic nitrogens is 4. The first-order valence-corrected chi connectivity index (χ1v) is 10.1. The molecule has 1 aliphatic heterocycles. The summed E-state index contributed by atoms with van der Waals surface area (Å²) in [5.74, 6) is 0. The van der Waals surface area contributed by atoms with E-state index in [0.717, 1.165) is 30.5 Å². The Morgan fingerprint density at radius 2 is 1.96 bits per heavy atom. The van der Waals surface area contributed by atoms with Gasteiger partial charge in [-0.25, -0.2) is 9.67 Å². The lowest BCUT2D eigenvalue weighted by Crippen LogP contribution is -2.30. The Morgan fingerprint density at radius 3 is 2.71 bits per heavy atom. The Balaban J connectivity index is 1.71. The Morgan fingerprint density at radius 1 is 1.14 bits per heavy atom. The van der Waals surface area contributed by atoms with Gasteiger partial charge in [-0.15, -0.1) is 11.3 Å². The molecular weight excluding hydrogens is 376 g/mol. The first-order valence-electron chi connectivity index (χ1n) is 9.24. The molecule has 0 spiro atoms. The topological polar surface area (TPSA) is 79.0 Å². The van der Waals surface area contributed by atoms with Gasteiger partial charge in [-0.2, -0.15) is 5.10 Å². The van der Waals surface area contributed by atoms with Gasteiger partial charge in [0.25, 0.3) is 11.1 Å². The maximum absolute atomic E-state index is 13.1. The van der Waals surface area contributed by atoms with E-state index in [4.69, 9.17) is 4.74 Å². The molecule has 0 radical (unpaired) electrons. The summed E-state index contributed by atoms with van der Waals surface area (Å²) < 4.78 is 9.73. The van der Waals surface area contributed by atoms with Gasteiger partial charge in [0.1, 0.15) is 16.5 Å². The number of rotatable bonds is 2. The molecule has 1 fully saturated rings. The van der Waals surface area contributed by atoms with Crippen molar-refractivity contribution in [3.63, 3.8) is 0 Å². The largest absolute Gasteiger partial charge is 0.356 e. The van der Waals surface area contributed by atoms with Crippen LogP contribution < -0.4 is 11.1 Å². The predicted octanol–water partition coefficient (Wildman–Crippen LogP) is 3.16. The lowest BCUT2D eigenvalue weighted by Gasteiger charge is -2.23. The fourth-order valence-electron chi connectivity index (χ4n) is 3.58. The number of ether oxygens (including phenoxy) is 1. The van der Waals surface area contributed by atoms with E-state index in [-0.39, 0.29) is 17.3 Å². The van der Waals surface area contributed by atoms with Crippen LogP contribution >= 0.6 is 11.3 Å². The van der Waals surface area contributed by atoms with Crippen molar-refractivity contribution < 1.29 is 4.74 Å². The van der Waals surface area contributed by atoms with Crippen molar-refractivity contribution in [3.8, 4) is 5.69 Å². The van der Waals surface area contributed by atoms with Crippen molar-refractivity contribution in [2.45, 2.75) is 32.4 Å². The summed E-state index contributed by atoms with van der Waals surface area (Å²) in [6.45, 7) is 2.62. The van der Waals surface area contributed by atoms with Crippen molar-refractivity contribution in [3.05, 3.63) is 63.1 Å². The molecule has 0 saturated carbocycles. The number of hydrogen-bond donors (Lipinski definition) is 0. The van der Waals surface area contributed by atoms with Gasteiger partial charge in [0.15, 0.2) is 6.23 Å². The third kappa shape index (κ3) is 2.68. The first-order chi connectivity index (χ1) is 13.6. The van der Waals surface area contributed by atoms with E-state index < -0.39 is 0 Å². The Kier molecular flexibility index (Phi) is 4.10. The third-order valence-corrected chi connectivity index (χ3v) is 6.19. The lowest BCUT2D eigenvalue weighted by atomic mass is 10.2. The van der Waals surface area contributed by atoms with Gasteiger partial charge in [-0.05, 0) is 38.3 Å². The Labute approximate surface area is 163 Å². The maximum atomic E-state index is 13.1. The number of thiophene rings is 1. The van der Waals surface area contributed by atoms with Crippen molar-refractivity contribution in [2.24, 2.45) is 0 Å². The molecular formula is C20H18N4O3S. The predicted molar refractivity (Wildman–Crippen MR) is 108 cm³/mol. The van der Waals surface area contributed by atoms with E-state index in [2.05, 4.69) is 10.1 Å². The minimum absolute atomic E-state index is 0.185. The summed E-state index contributed by atoms with van der Waals surface area (Å²) in [6.07, 6.45) is 5.53. The molecule has 3 aromatic heterocycles. The van der Waals surface area contributed by atoms with Crippen LogP contribution in [0.4, 0.5) is 0 Å².